The lowest BCUT2D eigenvalue weighted by Gasteiger charge is -2.19. The Hall–Kier alpha value is -3.49. The van der Waals surface area contributed by atoms with Crippen molar-refractivity contribution in [1.82, 2.24) is 9.97 Å². The first-order valence-electron chi connectivity index (χ1n) is 10.9. The molecule has 9 heteroatoms. The van der Waals surface area contributed by atoms with Crippen LogP contribution < -0.4 is 9.64 Å². The van der Waals surface area contributed by atoms with Crippen molar-refractivity contribution in [3.8, 4) is 5.75 Å². The monoisotopic (exact) mass is 473 g/mol. The van der Waals surface area contributed by atoms with Gasteiger partial charge in [-0.05, 0) is 41.8 Å². The average molecular weight is 473 g/mol. The molecule has 4 rings (SSSR count). The zero-order valence-corrected chi connectivity index (χ0v) is 18.4. The van der Waals surface area contributed by atoms with E-state index in [4.69, 9.17) is 4.74 Å². The number of anilines is 1. The molecule has 3 aromatic rings. The van der Waals surface area contributed by atoms with Crippen molar-refractivity contribution in [3.63, 3.8) is 0 Å². The smallest absolute Gasteiger partial charge is 0.433 e. The van der Waals surface area contributed by atoms with Crippen LogP contribution in [0.5, 0.6) is 5.75 Å². The number of halogens is 4. The molecule has 178 valence electrons. The normalized spacial score (nSPS) is 17.0. The van der Waals surface area contributed by atoms with E-state index < -0.39 is 17.8 Å². The second kappa shape index (κ2) is 9.79. The summed E-state index contributed by atoms with van der Waals surface area (Å²) < 4.78 is 58.1. The number of ether oxygens (including phenoxy) is 1. The van der Waals surface area contributed by atoms with Gasteiger partial charge in [-0.2, -0.15) is 17.6 Å². The van der Waals surface area contributed by atoms with Crippen molar-refractivity contribution in [2.24, 2.45) is 0 Å². The quantitative estimate of drug-likeness (QED) is 0.252. The minimum absolute atomic E-state index is 0.0771. The molecule has 1 aliphatic heterocycles. The maximum absolute atomic E-state index is 13.3. The number of aromatic nitrogens is 2. The van der Waals surface area contributed by atoms with Crippen molar-refractivity contribution in [3.05, 3.63) is 83.6 Å². The molecule has 3 heterocycles. The van der Waals surface area contributed by atoms with E-state index in [-0.39, 0.29) is 30.0 Å². The molecule has 5 nitrogen and oxygen atoms in total. The minimum atomic E-state index is -4.48. The van der Waals surface area contributed by atoms with Crippen molar-refractivity contribution < 1.29 is 27.1 Å². The molecule has 1 aliphatic rings. The van der Waals surface area contributed by atoms with Crippen LogP contribution in [0.4, 0.5) is 23.4 Å². The van der Waals surface area contributed by atoms with Crippen LogP contribution in [-0.2, 0) is 6.18 Å². The van der Waals surface area contributed by atoms with Gasteiger partial charge in [0.25, 0.3) is 0 Å². The fourth-order valence-electron chi connectivity index (χ4n) is 3.95. The highest BCUT2D eigenvalue weighted by atomic mass is 19.4. The number of benzene rings is 1. The first-order chi connectivity index (χ1) is 16.2. The molecule has 2 atom stereocenters. The summed E-state index contributed by atoms with van der Waals surface area (Å²) in [5.41, 5.74) is 0.323. The number of carbonyl (C=O) groups excluding carboxylic acids is 1. The maximum atomic E-state index is 13.3. The highest BCUT2D eigenvalue weighted by Gasteiger charge is 2.33. The lowest BCUT2D eigenvalue weighted by molar-refractivity contribution is -0.141. The minimum Gasteiger partial charge on any atom is -0.489 e. The summed E-state index contributed by atoms with van der Waals surface area (Å²) in [6, 6.07) is 13.9. The van der Waals surface area contributed by atoms with Crippen LogP contribution in [0, 0.1) is 5.95 Å². The molecule has 0 radical (unpaired) electrons. The Bertz CT molecular complexity index is 1150. The van der Waals surface area contributed by atoms with Crippen LogP contribution in [-0.4, -0.2) is 34.9 Å². The third kappa shape index (κ3) is 5.70. The number of ketones is 1. The molecular formula is C25H23F4N3O2. The first-order valence-corrected chi connectivity index (χ1v) is 10.9. The Kier molecular flexibility index (Phi) is 6.81. The largest absolute Gasteiger partial charge is 0.489 e. The molecule has 0 N–H and O–H groups in total. The summed E-state index contributed by atoms with van der Waals surface area (Å²) in [7, 11) is 0. The molecule has 2 aromatic heterocycles. The van der Waals surface area contributed by atoms with E-state index in [1.54, 1.807) is 11.0 Å². The van der Waals surface area contributed by atoms with Crippen LogP contribution in [0.1, 0.15) is 47.3 Å². The van der Waals surface area contributed by atoms with Crippen LogP contribution in [0.25, 0.3) is 0 Å². The topological polar surface area (TPSA) is 55.3 Å². The summed E-state index contributed by atoms with van der Waals surface area (Å²) in [5.74, 6) is -0.00407. The number of hydrogen-bond donors (Lipinski definition) is 0. The summed E-state index contributed by atoms with van der Waals surface area (Å²) in [6.07, 6.45) is -2.50. The van der Waals surface area contributed by atoms with Gasteiger partial charge in [0.1, 0.15) is 23.4 Å². The molecule has 0 bridgehead atoms. The van der Waals surface area contributed by atoms with E-state index in [0.29, 0.717) is 30.8 Å². The number of Topliss-reactive ketones (excluding diaryl/α,β-unsaturated/α-hetero) is 1. The molecular weight excluding hydrogens is 450 g/mol. The summed E-state index contributed by atoms with van der Waals surface area (Å²) in [6.45, 7) is 2.90. The molecule has 1 saturated heterocycles. The highest BCUT2D eigenvalue weighted by Crippen LogP contribution is 2.30. The van der Waals surface area contributed by atoms with Crippen LogP contribution in [0.3, 0.4) is 0 Å². The Morgan fingerprint density at radius 3 is 2.65 bits per heavy atom. The van der Waals surface area contributed by atoms with Gasteiger partial charge in [-0.3, -0.25) is 4.79 Å². The number of rotatable bonds is 7. The van der Waals surface area contributed by atoms with E-state index in [1.807, 2.05) is 31.2 Å². The number of alkyl halides is 3. The predicted octanol–water partition coefficient (Wildman–Crippen LogP) is 5.67. The van der Waals surface area contributed by atoms with E-state index in [0.717, 1.165) is 17.7 Å². The Labute approximate surface area is 194 Å². The Morgan fingerprint density at radius 2 is 1.94 bits per heavy atom. The van der Waals surface area contributed by atoms with Gasteiger partial charge in [0, 0.05) is 37.2 Å². The maximum Gasteiger partial charge on any atom is 0.433 e. The zero-order chi connectivity index (χ0) is 24.3. The summed E-state index contributed by atoms with van der Waals surface area (Å²) in [4.78, 5) is 21.4. The predicted molar refractivity (Wildman–Crippen MR) is 118 cm³/mol. The van der Waals surface area contributed by atoms with Gasteiger partial charge in [0.05, 0.1) is 6.54 Å². The SMILES string of the molecule is C[C@H](CC(=O)c1ccnc(F)c1)c1ccc(OC2CCN(c3cccc(C(F)(F)F)n3)C2)cc1. The summed E-state index contributed by atoms with van der Waals surface area (Å²) in [5, 5.41) is 0. The number of nitrogens with zero attached hydrogens (tertiary/aromatic N) is 3. The third-order valence-electron chi connectivity index (χ3n) is 5.79. The summed E-state index contributed by atoms with van der Waals surface area (Å²) >= 11 is 0. The molecule has 0 spiro atoms. The van der Waals surface area contributed by atoms with E-state index >= 15 is 0 Å². The second-order valence-electron chi connectivity index (χ2n) is 8.32. The first kappa shape index (κ1) is 23.7. The fraction of sp³-hybridized carbons (Fsp3) is 0.320. The fourth-order valence-corrected chi connectivity index (χ4v) is 3.95. The molecule has 1 fully saturated rings. The van der Waals surface area contributed by atoms with E-state index in [2.05, 4.69) is 9.97 Å². The van der Waals surface area contributed by atoms with Crippen molar-refractivity contribution in [1.29, 1.82) is 0 Å². The van der Waals surface area contributed by atoms with Gasteiger partial charge in [-0.15, -0.1) is 0 Å². The zero-order valence-electron chi connectivity index (χ0n) is 18.4. The van der Waals surface area contributed by atoms with Gasteiger partial charge < -0.3 is 9.64 Å². The van der Waals surface area contributed by atoms with Crippen molar-refractivity contribution in [2.75, 3.05) is 18.0 Å². The second-order valence-corrected chi connectivity index (χ2v) is 8.32. The number of hydrogen-bond acceptors (Lipinski definition) is 5. The lowest BCUT2D eigenvalue weighted by Crippen LogP contribution is -2.25. The van der Waals surface area contributed by atoms with Crippen LogP contribution in [0.2, 0.25) is 0 Å². The Morgan fingerprint density at radius 1 is 1.18 bits per heavy atom. The number of pyridine rings is 2. The standard InChI is InChI=1S/C25H23F4N3O2/c1-16(13-21(33)18-9-11-30-23(26)14-18)17-5-7-19(8-6-17)34-20-10-12-32(15-20)24-4-2-3-22(31-24)25(27,28)29/h2-9,11,14,16,20H,10,12-13,15H2,1H3/t16-,20?/m1/s1. The molecule has 34 heavy (non-hydrogen) atoms. The molecule has 0 saturated carbocycles. The molecule has 1 aromatic carbocycles. The lowest BCUT2D eigenvalue weighted by atomic mass is 9.93. The van der Waals surface area contributed by atoms with Gasteiger partial charge in [0.2, 0.25) is 5.95 Å². The van der Waals surface area contributed by atoms with Crippen molar-refractivity contribution in [2.45, 2.75) is 38.0 Å². The van der Waals surface area contributed by atoms with Gasteiger partial charge in [-0.25, -0.2) is 9.97 Å². The van der Waals surface area contributed by atoms with E-state index in [1.165, 1.54) is 18.3 Å². The average Bonchev–Trinajstić information content (AvgIpc) is 3.27. The van der Waals surface area contributed by atoms with Crippen LogP contribution >= 0.6 is 0 Å². The van der Waals surface area contributed by atoms with E-state index in [9.17, 15) is 22.4 Å². The van der Waals surface area contributed by atoms with Crippen LogP contribution in [0.15, 0.2) is 60.8 Å². The third-order valence-corrected chi connectivity index (χ3v) is 5.79. The van der Waals surface area contributed by atoms with Gasteiger partial charge >= 0.3 is 6.18 Å². The van der Waals surface area contributed by atoms with Gasteiger partial charge in [0.15, 0.2) is 5.78 Å². The van der Waals surface area contributed by atoms with Gasteiger partial charge in [-0.1, -0.05) is 25.1 Å². The van der Waals surface area contributed by atoms with Crippen molar-refractivity contribution >= 4 is 11.6 Å². The highest BCUT2D eigenvalue weighted by molar-refractivity contribution is 5.96. The molecule has 0 amide bonds. The number of carbonyl (C=O) groups is 1. The Balaban J connectivity index is 1.33. The molecule has 1 unspecified atom stereocenters. The molecule has 0 aliphatic carbocycles.